The number of rotatable bonds is 4. The summed E-state index contributed by atoms with van der Waals surface area (Å²) in [5, 5.41) is 0. The van der Waals surface area contributed by atoms with Crippen LogP contribution in [0.3, 0.4) is 0 Å². The van der Waals surface area contributed by atoms with Crippen LogP contribution in [0.2, 0.25) is 0 Å². The van der Waals surface area contributed by atoms with Crippen molar-refractivity contribution in [2.75, 3.05) is 7.11 Å². The minimum atomic E-state index is -0.111. The van der Waals surface area contributed by atoms with Gasteiger partial charge >= 0.3 is 0 Å². The van der Waals surface area contributed by atoms with Gasteiger partial charge in [0.1, 0.15) is 0 Å². The zero-order valence-electron chi connectivity index (χ0n) is 14.3. The lowest BCUT2D eigenvalue weighted by Gasteiger charge is -2.11. The van der Waals surface area contributed by atoms with Gasteiger partial charge in [-0.05, 0) is 41.0 Å². The highest BCUT2D eigenvalue weighted by molar-refractivity contribution is 5.74. The first-order valence-electron chi connectivity index (χ1n) is 8.28. The van der Waals surface area contributed by atoms with E-state index in [1.54, 1.807) is 17.9 Å². The van der Waals surface area contributed by atoms with Crippen LogP contribution in [0.25, 0.3) is 22.2 Å². The van der Waals surface area contributed by atoms with Crippen LogP contribution in [0.5, 0.6) is 5.88 Å². The van der Waals surface area contributed by atoms with E-state index in [2.05, 4.69) is 16.0 Å². The van der Waals surface area contributed by atoms with Gasteiger partial charge in [-0.2, -0.15) is 0 Å². The molecule has 0 saturated carbocycles. The Morgan fingerprint density at radius 2 is 1.81 bits per heavy atom. The van der Waals surface area contributed by atoms with Gasteiger partial charge < -0.3 is 9.30 Å². The van der Waals surface area contributed by atoms with Gasteiger partial charge in [-0.3, -0.25) is 4.79 Å². The lowest BCUT2D eigenvalue weighted by Crippen LogP contribution is -2.21. The first-order chi connectivity index (χ1) is 12.7. The number of hydrogen-bond acceptors (Lipinski definition) is 4. The average Bonchev–Trinajstić information content (AvgIpc) is 2.70. The molecule has 0 amide bonds. The van der Waals surface area contributed by atoms with E-state index < -0.39 is 0 Å². The monoisotopic (exact) mass is 343 g/mol. The van der Waals surface area contributed by atoms with E-state index in [1.807, 2.05) is 54.6 Å². The number of pyridine rings is 1. The number of aromatic nitrogens is 3. The molecule has 4 aromatic rings. The normalized spacial score (nSPS) is 10.8. The van der Waals surface area contributed by atoms with Gasteiger partial charge in [0.2, 0.25) is 5.88 Å². The molecule has 4 rings (SSSR count). The largest absolute Gasteiger partial charge is 0.481 e. The first kappa shape index (κ1) is 16.0. The molecule has 0 radical (unpaired) electrons. The van der Waals surface area contributed by atoms with Gasteiger partial charge in [0.15, 0.2) is 0 Å². The summed E-state index contributed by atoms with van der Waals surface area (Å²) in [6.45, 7) is 0.484. The Bertz CT molecular complexity index is 1140. The molecule has 0 bridgehead atoms. The Kier molecular flexibility index (Phi) is 4.19. The number of methoxy groups -OCH3 is 1. The van der Waals surface area contributed by atoms with Gasteiger partial charge in [0.25, 0.3) is 5.56 Å². The van der Waals surface area contributed by atoms with E-state index >= 15 is 0 Å². The summed E-state index contributed by atoms with van der Waals surface area (Å²) in [6, 6.07) is 19.6. The molecule has 128 valence electrons. The van der Waals surface area contributed by atoms with Crippen molar-refractivity contribution < 1.29 is 4.74 Å². The van der Waals surface area contributed by atoms with Crippen molar-refractivity contribution in [2.24, 2.45) is 0 Å². The van der Waals surface area contributed by atoms with Crippen LogP contribution < -0.4 is 10.3 Å². The molecular formula is C21H17N3O2. The highest BCUT2D eigenvalue weighted by Gasteiger charge is 2.06. The summed E-state index contributed by atoms with van der Waals surface area (Å²) >= 11 is 0. The molecule has 2 aromatic carbocycles. The zero-order chi connectivity index (χ0) is 17.9. The minimum absolute atomic E-state index is 0.111. The quantitative estimate of drug-likeness (QED) is 0.569. The topological polar surface area (TPSA) is 57.0 Å². The number of ether oxygens (including phenoxy) is 1. The van der Waals surface area contributed by atoms with Crippen LogP contribution in [0.4, 0.5) is 0 Å². The Morgan fingerprint density at radius 1 is 0.962 bits per heavy atom. The molecule has 0 aliphatic carbocycles. The van der Waals surface area contributed by atoms with Gasteiger partial charge in [0.05, 0.1) is 30.9 Å². The van der Waals surface area contributed by atoms with E-state index in [-0.39, 0.29) is 5.56 Å². The highest BCUT2D eigenvalue weighted by Crippen LogP contribution is 2.23. The molecule has 26 heavy (non-hydrogen) atoms. The fourth-order valence-electron chi connectivity index (χ4n) is 3.01. The van der Waals surface area contributed by atoms with Crippen molar-refractivity contribution in [2.45, 2.75) is 6.54 Å². The molecule has 0 atom stereocenters. The van der Waals surface area contributed by atoms with Crippen LogP contribution in [0.15, 0.2) is 77.9 Å². The van der Waals surface area contributed by atoms with Crippen molar-refractivity contribution >= 4 is 11.0 Å². The Balaban J connectivity index is 1.74. The second-order valence-corrected chi connectivity index (χ2v) is 5.96. The van der Waals surface area contributed by atoms with E-state index in [4.69, 9.17) is 4.74 Å². The summed E-state index contributed by atoms with van der Waals surface area (Å²) < 4.78 is 6.95. The molecule has 5 heteroatoms. The van der Waals surface area contributed by atoms with E-state index in [1.165, 1.54) is 6.20 Å². The summed E-state index contributed by atoms with van der Waals surface area (Å²) in [6.07, 6.45) is 3.10. The summed E-state index contributed by atoms with van der Waals surface area (Å²) in [7, 11) is 1.60. The number of nitrogens with zero attached hydrogens (tertiary/aromatic N) is 3. The molecule has 2 heterocycles. The van der Waals surface area contributed by atoms with Crippen molar-refractivity contribution in [3.63, 3.8) is 0 Å². The molecule has 0 unspecified atom stereocenters. The maximum absolute atomic E-state index is 12.4. The molecule has 2 aromatic heterocycles. The van der Waals surface area contributed by atoms with Gasteiger partial charge in [0, 0.05) is 12.3 Å². The van der Waals surface area contributed by atoms with Gasteiger partial charge in [-0.1, -0.05) is 30.3 Å². The fraction of sp³-hybridized carbons (Fsp3) is 0.0952. The van der Waals surface area contributed by atoms with Crippen LogP contribution >= 0.6 is 0 Å². The average molecular weight is 343 g/mol. The number of hydrogen-bond donors (Lipinski definition) is 0. The lowest BCUT2D eigenvalue weighted by atomic mass is 10.0. The molecule has 0 aliphatic rings. The Labute approximate surface area is 150 Å². The summed E-state index contributed by atoms with van der Waals surface area (Å²) in [5.41, 5.74) is 4.63. The van der Waals surface area contributed by atoms with E-state index in [0.29, 0.717) is 12.4 Å². The Hall–Kier alpha value is -3.47. The molecule has 0 spiro atoms. The van der Waals surface area contributed by atoms with Crippen molar-refractivity contribution in [1.82, 2.24) is 14.5 Å². The summed E-state index contributed by atoms with van der Waals surface area (Å²) in [5.74, 6) is 0.573. The second kappa shape index (κ2) is 6.80. The third-order valence-corrected chi connectivity index (χ3v) is 4.30. The van der Waals surface area contributed by atoms with Gasteiger partial charge in [-0.25, -0.2) is 9.97 Å². The zero-order valence-corrected chi connectivity index (χ0v) is 14.3. The first-order valence-corrected chi connectivity index (χ1v) is 8.28. The third kappa shape index (κ3) is 3.07. The number of fused-ring (bicyclic) bond motifs is 1. The smallest absolute Gasteiger partial charge is 0.269 e. The lowest BCUT2D eigenvalue weighted by molar-refractivity contribution is 0.398. The minimum Gasteiger partial charge on any atom is -0.481 e. The standard InChI is InChI=1S/C21H17N3O2/c1-26-20-12-17(9-10-22-20)16-6-4-5-15(11-16)14-24-19-8-3-2-7-18(19)23-13-21(24)25/h2-13H,14H2,1H3. The van der Waals surface area contributed by atoms with Crippen LogP contribution in [0.1, 0.15) is 5.56 Å². The molecule has 0 N–H and O–H groups in total. The van der Waals surface area contributed by atoms with Crippen molar-refractivity contribution in [1.29, 1.82) is 0 Å². The molecule has 5 nitrogen and oxygen atoms in total. The predicted molar refractivity (Wildman–Crippen MR) is 101 cm³/mol. The van der Waals surface area contributed by atoms with E-state index in [0.717, 1.165) is 27.7 Å². The molecular weight excluding hydrogens is 326 g/mol. The van der Waals surface area contributed by atoms with E-state index in [9.17, 15) is 4.79 Å². The number of para-hydroxylation sites is 2. The third-order valence-electron chi connectivity index (χ3n) is 4.30. The van der Waals surface area contributed by atoms with Gasteiger partial charge in [-0.15, -0.1) is 0 Å². The highest BCUT2D eigenvalue weighted by atomic mass is 16.5. The second-order valence-electron chi connectivity index (χ2n) is 5.96. The predicted octanol–water partition coefficient (Wildman–Crippen LogP) is 3.52. The molecule has 0 saturated heterocycles. The number of benzene rings is 2. The SMILES string of the molecule is COc1cc(-c2cccc(Cn3c(=O)cnc4ccccc43)c2)ccn1. The van der Waals surface area contributed by atoms with Crippen LogP contribution in [-0.2, 0) is 6.54 Å². The van der Waals surface area contributed by atoms with Crippen LogP contribution in [0, 0.1) is 0 Å². The molecule has 0 fully saturated rings. The molecule has 0 aliphatic heterocycles. The fourth-order valence-corrected chi connectivity index (χ4v) is 3.01. The van der Waals surface area contributed by atoms with Crippen molar-refractivity contribution in [3.8, 4) is 17.0 Å². The maximum atomic E-state index is 12.4. The van der Waals surface area contributed by atoms with Crippen LogP contribution in [-0.4, -0.2) is 21.6 Å². The summed E-state index contributed by atoms with van der Waals surface area (Å²) in [4.78, 5) is 20.7. The van der Waals surface area contributed by atoms with Crippen molar-refractivity contribution in [3.05, 3.63) is 89.0 Å². The maximum Gasteiger partial charge on any atom is 0.269 e. The Morgan fingerprint density at radius 3 is 2.69 bits per heavy atom.